The van der Waals surface area contributed by atoms with Crippen molar-refractivity contribution in [2.75, 3.05) is 6.61 Å². The quantitative estimate of drug-likeness (QED) is 0.712. The van der Waals surface area contributed by atoms with E-state index >= 15 is 0 Å². The average molecular weight is 188 g/mol. The van der Waals surface area contributed by atoms with Crippen LogP contribution in [0.2, 0.25) is 0 Å². The van der Waals surface area contributed by atoms with E-state index in [4.69, 9.17) is 4.74 Å². The summed E-state index contributed by atoms with van der Waals surface area (Å²) in [4.78, 5) is 4.16. The van der Waals surface area contributed by atoms with Gasteiger partial charge in [0, 0.05) is 0 Å². The summed E-state index contributed by atoms with van der Waals surface area (Å²) in [5.41, 5.74) is 1.36. The number of nitrogens with zero attached hydrogens (tertiary/aromatic N) is 1. The first-order valence-corrected chi connectivity index (χ1v) is 4.97. The molecule has 0 saturated carbocycles. The third-order valence-electron chi connectivity index (χ3n) is 2.59. The second-order valence-corrected chi connectivity index (χ2v) is 3.77. The Morgan fingerprint density at radius 3 is 2.93 bits per heavy atom. The molecule has 0 saturated heterocycles. The molecule has 1 aromatic rings. The molecule has 2 unspecified atom stereocenters. The minimum absolute atomic E-state index is 0.287. The highest BCUT2D eigenvalue weighted by molar-refractivity contribution is 5.49. The summed E-state index contributed by atoms with van der Waals surface area (Å²) in [5.74, 6) is 0.521. The largest absolute Gasteiger partial charge is 0.472 e. The van der Waals surface area contributed by atoms with Crippen LogP contribution in [0.1, 0.15) is 12.5 Å². The van der Waals surface area contributed by atoms with Crippen LogP contribution in [-0.4, -0.2) is 19.0 Å². The lowest BCUT2D eigenvalue weighted by atomic mass is 9.95. The van der Waals surface area contributed by atoms with Crippen molar-refractivity contribution in [3.05, 3.63) is 35.9 Å². The van der Waals surface area contributed by atoms with Gasteiger partial charge in [-0.15, -0.1) is 0 Å². The minimum Gasteiger partial charge on any atom is -0.472 e. The molecule has 1 heterocycles. The first-order chi connectivity index (χ1) is 6.86. The molecule has 2 rings (SSSR count). The molecule has 14 heavy (non-hydrogen) atoms. The first-order valence-electron chi connectivity index (χ1n) is 4.97. The van der Waals surface area contributed by atoms with Crippen molar-refractivity contribution in [2.45, 2.75) is 19.4 Å². The second-order valence-electron chi connectivity index (χ2n) is 3.77. The Labute approximate surface area is 84.6 Å². The molecule has 0 aliphatic carbocycles. The Morgan fingerprint density at radius 2 is 2.29 bits per heavy atom. The van der Waals surface area contributed by atoms with Gasteiger partial charge in [-0.2, -0.15) is 0 Å². The van der Waals surface area contributed by atoms with Crippen molar-refractivity contribution >= 4 is 6.40 Å². The number of hydrogen-bond acceptors (Lipinski definition) is 2. The van der Waals surface area contributed by atoms with E-state index in [1.165, 1.54) is 5.56 Å². The van der Waals surface area contributed by atoms with Crippen molar-refractivity contribution < 1.29 is 4.74 Å². The Balaban J connectivity index is 1.94. The molecule has 0 spiro atoms. The molecule has 0 N–H and O–H groups in total. The van der Waals surface area contributed by atoms with Gasteiger partial charge in [0.25, 0.3) is 6.40 Å². The van der Waals surface area contributed by atoms with Crippen LogP contribution in [-0.2, 0) is 11.2 Å². The maximum absolute atomic E-state index is 5.00. The minimum atomic E-state index is 0.287. The fourth-order valence-electron chi connectivity index (χ4n) is 1.68. The van der Waals surface area contributed by atoms with Gasteiger partial charge >= 0.3 is 0 Å². The van der Waals surface area contributed by atoms with Gasteiger partial charge < -0.3 is 4.74 Å². The van der Waals surface area contributed by atoms with Gasteiger partial charge in [0.2, 0.25) is 0 Å². The lowest BCUT2D eigenvalue weighted by Crippen LogP contribution is -2.19. The van der Waals surface area contributed by atoms with E-state index in [1.807, 2.05) is 6.07 Å². The molecule has 0 amide bonds. The SMILES string of the molecule is CC(Cc1ccccc1)C1CO[C]=N1. The van der Waals surface area contributed by atoms with Crippen LogP contribution >= 0.6 is 0 Å². The molecule has 1 aliphatic rings. The molecule has 1 radical (unpaired) electrons. The maximum Gasteiger partial charge on any atom is 0.273 e. The Kier molecular flexibility index (Phi) is 2.82. The third kappa shape index (κ3) is 2.13. The van der Waals surface area contributed by atoms with Crippen LogP contribution in [0.5, 0.6) is 0 Å². The number of ether oxygens (including phenoxy) is 1. The lowest BCUT2D eigenvalue weighted by molar-refractivity contribution is 0.291. The Bertz CT molecular complexity index is 307. The van der Waals surface area contributed by atoms with Crippen LogP contribution < -0.4 is 0 Å². The summed E-state index contributed by atoms with van der Waals surface area (Å²) in [6, 6.07) is 10.8. The summed E-state index contributed by atoms with van der Waals surface area (Å²) in [6.07, 6.45) is 3.62. The molecule has 0 fully saturated rings. The second kappa shape index (κ2) is 4.27. The van der Waals surface area contributed by atoms with Gasteiger partial charge in [0.1, 0.15) is 6.61 Å². The highest BCUT2D eigenvalue weighted by Crippen LogP contribution is 2.16. The molecule has 1 aliphatic heterocycles. The van der Waals surface area contributed by atoms with Crippen molar-refractivity contribution in [1.82, 2.24) is 0 Å². The molecule has 2 atom stereocenters. The van der Waals surface area contributed by atoms with E-state index in [1.54, 1.807) is 0 Å². The van der Waals surface area contributed by atoms with E-state index < -0.39 is 0 Å². The van der Waals surface area contributed by atoms with Crippen LogP contribution in [0.15, 0.2) is 35.3 Å². The van der Waals surface area contributed by atoms with Gasteiger partial charge in [-0.25, -0.2) is 4.99 Å². The molecule has 73 valence electrons. The first kappa shape index (κ1) is 9.25. The van der Waals surface area contributed by atoms with Gasteiger partial charge in [-0.3, -0.25) is 0 Å². The molecular weight excluding hydrogens is 174 g/mol. The topological polar surface area (TPSA) is 21.6 Å². The maximum atomic E-state index is 5.00. The van der Waals surface area contributed by atoms with Crippen molar-refractivity contribution in [2.24, 2.45) is 10.9 Å². The predicted molar refractivity (Wildman–Crippen MR) is 56.5 cm³/mol. The molecular formula is C12H14NO. The van der Waals surface area contributed by atoms with Crippen LogP contribution in [0.25, 0.3) is 0 Å². The zero-order chi connectivity index (χ0) is 9.80. The molecule has 1 aromatic carbocycles. The fourth-order valence-corrected chi connectivity index (χ4v) is 1.68. The smallest absolute Gasteiger partial charge is 0.273 e. The highest BCUT2D eigenvalue weighted by Gasteiger charge is 2.20. The fraction of sp³-hybridized carbons (Fsp3) is 0.417. The summed E-state index contributed by atoms with van der Waals surface area (Å²) in [7, 11) is 0. The molecule has 0 aromatic heterocycles. The van der Waals surface area contributed by atoms with Crippen molar-refractivity contribution in [3.8, 4) is 0 Å². The van der Waals surface area contributed by atoms with E-state index in [0.29, 0.717) is 12.5 Å². The van der Waals surface area contributed by atoms with Gasteiger partial charge in [-0.1, -0.05) is 37.3 Å². The van der Waals surface area contributed by atoms with Gasteiger partial charge in [-0.05, 0) is 17.9 Å². The molecule has 2 heteroatoms. The Hall–Kier alpha value is -1.31. The summed E-state index contributed by atoms with van der Waals surface area (Å²) >= 11 is 0. The van der Waals surface area contributed by atoms with Crippen molar-refractivity contribution in [3.63, 3.8) is 0 Å². The lowest BCUT2D eigenvalue weighted by Gasteiger charge is -2.14. The predicted octanol–water partition coefficient (Wildman–Crippen LogP) is 2.17. The van der Waals surface area contributed by atoms with E-state index in [-0.39, 0.29) is 6.04 Å². The number of hydrogen-bond donors (Lipinski definition) is 0. The van der Waals surface area contributed by atoms with Gasteiger partial charge in [0.05, 0.1) is 6.04 Å². The van der Waals surface area contributed by atoms with E-state index in [0.717, 1.165) is 6.42 Å². The summed E-state index contributed by atoms with van der Waals surface area (Å²) < 4.78 is 5.00. The van der Waals surface area contributed by atoms with Crippen LogP contribution in [0.4, 0.5) is 0 Å². The van der Waals surface area contributed by atoms with Crippen LogP contribution in [0.3, 0.4) is 0 Å². The highest BCUT2D eigenvalue weighted by atomic mass is 16.5. The summed E-state index contributed by atoms with van der Waals surface area (Å²) in [6.45, 7) is 2.89. The van der Waals surface area contributed by atoms with E-state index in [2.05, 4.69) is 42.6 Å². The standard InChI is InChI=1S/C12H14NO/c1-10(12-8-14-9-13-12)7-11-5-3-2-4-6-11/h2-6,10,12H,7-8H2,1H3. The van der Waals surface area contributed by atoms with Gasteiger partial charge in [0.15, 0.2) is 0 Å². The monoisotopic (exact) mass is 188 g/mol. The number of benzene rings is 1. The zero-order valence-electron chi connectivity index (χ0n) is 8.31. The normalized spacial score (nSPS) is 21.9. The number of rotatable bonds is 3. The van der Waals surface area contributed by atoms with Crippen molar-refractivity contribution in [1.29, 1.82) is 0 Å². The average Bonchev–Trinajstić information content (AvgIpc) is 2.72. The zero-order valence-corrected chi connectivity index (χ0v) is 8.31. The van der Waals surface area contributed by atoms with Crippen LogP contribution in [0, 0.1) is 5.92 Å². The third-order valence-corrected chi connectivity index (χ3v) is 2.59. The van der Waals surface area contributed by atoms with E-state index in [9.17, 15) is 0 Å². The Morgan fingerprint density at radius 1 is 1.50 bits per heavy atom. The summed E-state index contributed by atoms with van der Waals surface area (Å²) in [5, 5.41) is 0. The molecule has 0 bridgehead atoms. The molecule has 2 nitrogen and oxygen atoms in total. The number of aliphatic imine (C=N–C) groups is 1.